The topological polar surface area (TPSA) is 44.1 Å². The van der Waals surface area contributed by atoms with Crippen LogP contribution in [0.4, 0.5) is 0 Å². The van der Waals surface area contributed by atoms with Gasteiger partial charge >= 0.3 is 0 Å². The lowest BCUT2D eigenvalue weighted by Crippen LogP contribution is -2.51. The molecule has 2 saturated heterocycles. The standard InChI is InChI=1S/C21H31N5O/c1-17-11-18(2)13-26(12-17)21(27)16-24-9-7-23(8-10-24)14-19-15-25-6-4-3-5-20(25)22-19/h3-6,15,17-18H,7-14,16H2,1-2H3. The lowest BCUT2D eigenvalue weighted by Gasteiger charge is -2.38. The van der Waals surface area contributed by atoms with Crippen molar-refractivity contribution in [1.29, 1.82) is 0 Å². The molecule has 0 spiro atoms. The Morgan fingerprint density at radius 3 is 2.48 bits per heavy atom. The number of piperazine rings is 1. The van der Waals surface area contributed by atoms with Gasteiger partial charge in [-0.2, -0.15) is 0 Å². The van der Waals surface area contributed by atoms with E-state index in [-0.39, 0.29) is 0 Å². The first-order valence-electron chi connectivity index (χ1n) is 10.2. The lowest BCUT2D eigenvalue weighted by molar-refractivity contribution is -0.135. The van der Waals surface area contributed by atoms with Crippen molar-refractivity contribution in [1.82, 2.24) is 24.1 Å². The second-order valence-corrected chi connectivity index (χ2v) is 8.50. The molecule has 2 aliphatic heterocycles. The fourth-order valence-electron chi connectivity index (χ4n) is 4.56. The van der Waals surface area contributed by atoms with Gasteiger partial charge < -0.3 is 9.30 Å². The fraction of sp³-hybridized carbons (Fsp3) is 0.619. The van der Waals surface area contributed by atoms with Crippen molar-refractivity contribution >= 4 is 11.6 Å². The Morgan fingerprint density at radius 2 is 1.78 bits per heavy atom. The number of carbonyl (C=O) groups is 1. The van der Waals surface area contributed by atoms with Gasteiger partial charge in [-0.15, -0.1) is 0 Å². The van der Waals surface area contributed by atoms with Crippen molar-refractivity contribution in [3.8, 4) is 0 Å². The van der Waals surface area contributed by atoms with Crippen LogP contribution in [0, 0.1) is 11.8 Å². The minimum atomic E-state index is 0.308. The number of hydrogen-bond donors (Lipinski definition) is 0. The van der Waals surface area contributed by atoms with E-state index >= 15 is 0 Å². The van der Waals surface area contributed by atoms with Crippen molar-refractivity contribution in [2.45, 2.75) is 26.8 Å². The Hall–Kier alpha value is -1.92. The Balaban J connectivity index is 1.25. The van der Waals surface area contributed by atoms with E-state index in [2.05, 4.69) is 39.1 Å². The predicted octanol–water partition coefficient (Wildman–Crippen LogP) is 1.96. The second kappa shape index (κ2) is 7.98. The van der Waals surface area contributed by atoms with Gasteiger partial charge in [0.15, 0.2) is 0 Å². The van der Waals surface area contributed by atoms with Crippen LogP contribution in [0.1, 0.15) is 26.0 Å². The third kappa shape index (κ3) is 4.50. The first-order chi connectivity index (χ1) is 13.1. The summed E-state index contributed by atoms with van der Waals surface area (Å²) in [5, 5.41) is 0. The summed E-state index contributed by atoms with van der Waals surface area (Å²) in [5.41, 5.74) is 2.11. The van der Waals surface area contributed by atoms with Crippen LogP contribution in [0.3, 0.4) is 0 Å². The number of amides is 1. The molecule has 0 N–H and O–H groups in total. The van der Waals surface area contributed by atoms with E-state index in [4.69, 9.17) is 4.98 Å². The molecule has 27 heavy (non-hydrogen) atoms. The highest BCUT2D eigenvalue weighted by molar-refractivity contribution is 5.78. The molecule has 0 saturated carbocycles. The van der Waals surface area contributed by atoms with E-state index in [1.165, 1.54) is 6.42 Å². The molecule has 2 aliphatic rings. The molecule has 0 radical (unpaired) electrons. The van der Waals surface area contributed by atoms with Crippen LogP contribution < -0.4 is 0 Å². The number of piperidine rings is 1. The minimum absolute atomic E-state index is 0.308. The van der Waals surface area contributed by atoms with Gasteiger partial charge in [-0.3, -0.25) is 14.6 Å². The van der Waals surface area contributed by atoms with Gasteiger partial charge in [-0.1, -0.05) is 19.9 Å². The number of pyridine rings is 1. The molecule has 2 fully saturated rings. The molecule has 4 rings (SSSR count). The molecule has 0 aromatic carbocycles. The van der Waals surface area contributed by atoms with E-state index in [9.17, 15) is 4.79 Å². The van der Waals surface area contributed by atoms with E-state index in [0.717, 1.165) is 57.2 Å². The highest BCUT2D eigenvalue weighted by atomic mass is 16.2. The molecule has 4 heterocycles. The number of hydrogen-bond acceptors (Lipinski definition) is 4. The van der Waals surface area contributed by atoms with E-state index in [0.29, 0.717) is 24.3 Å². The third-order valence-electron chi connectivity index (χ3n) is 5.84. The summed E-state index contributed by atoms with van der Waals surface area (Å²) in [5.74, 6) is 1.56. The number of likely N-dealkylation sites (tertiary alicyclic amines) is 1. The normalized spacial score (nSPS) is 25.2. The number of imidazole rings is 1. The maximum atomic E-state index is 12.7. The third-order valence-corrected chi connectivity index (χ3v) is 5.84. The van der Waals surface area contributed by atoms with Crippen LogP contribution >= 0.6 is 0 Å². The fourth-order valence-corrected chi connectivity index (χ4v) is 4.56. The van der Waals surface area contributed by atoms with Crippen molar-refractivity contribution in [3.05, 3.63) is 36.3 Å². The Morgan fingerprint density at radius 1 is 1.07 bits per heavy atom. The zero-order chi connectivity index (χ0) is 18.8. The zero-order valence-corrected chi connectivity index (χ0v) is 16.5. The van der Waals surface area contributed by atoms with Gasteiger partial charge in [-0.05, 0) is 30.4 Å². The molecule has 146 valence electrons. The van der Waals surface area contributed by atoms with Crippen LogP contribution in [0.25, 0.3) is 5.65 Å². The lowest BCUT2D eigenvalue weighted by atomic mass is 9.92. The quantitative estimate of drug-likeness (QED) is 0.826. The highest BCUT2D eigenvalue weighted by Crippen LogP contribution is 2.21. The smallest absolute Gasteiger partial charge is 0.236 e. The van der Waals surface area contributed by atoms with Gasteiger partial charge in [0, 0.05) is 58.2 Å². The van der Waals surface area contributed by atoms with Crippen molar-refractivity contribution in [3.63, 3.8) is 0 Å². The van der Waals surface area contributed by atoms with Gasteiger partial charge in [0.1, 0.15) is 5.65 Å². The van der Waals surface area contributed by atoms with Gasteiger partial charge in [-0.25, -0.2) is 4.98 Å². The molecule has 2 atom stereocenters. The number of aromatic nitrogens is 2. The molecular formula is C21H31N5O. The Labute approximate surface area is 161 Å². The molecule has 6 heteroatoms. The van der Waals surface area contributed by atoms with Gasteiger partial charge in [0.2, 0.25) is 5.91 Å². The zero-order valence-electron chi connectivity index (χ0n) is 16.5. The van der Waals surface area contributed by atoms with Gasteiger partial charge in [0.05, 0.1) is 12.2 Å². The number of carbonyl (C=O) groups excluding carboxylic acids is 1. The molecule has 2 aromatic rings. The average molecular weight is 370 g/mol. The second-order valence-electron chi connectivity index (χ2n) is 8.50. The molecule has 2 unspecified atom stereocenters. The summed E-state index contributed by atoms with van der Waals surface area (Å²) in [6.45, 7) is 11.7. The summed E-state index contributed by atoms with van der Waals surface area (Å²) in [6, 6.07) is 6.08. The monoisotopic (exact) mass is 369 g/mol. The van der Waals surface area contributed by atoms with Crippen LogP contribution in [0.2, 0.25) is 0 Å². The Bertz CT molecular complexity index is 737. The summed E-state index contributed by atoms with van der Waals surface area (Å²) >= 11 is 0. The summed E-state index contributed by atoms with van der Waals surface area (Å²) in [7, 11) is 0. The molecule has 1 amide bonds. The van der Waals surface area contributed by atoms with Crippen LogP contribution in [0.15, 0.2) is 30.6 Å². The molecule has 0 aliphatic carbocycles. The first kappa shape index (κ1) is 18.4. The van der Waals surface area contributed by atoms with Crippen LogP contribution in [-0.2, 0) is 11.3 Å². The Kier molecular flexibility index (Phi) is 5.45. The molecule has 2 aromatic heterocycles. The van der Waals surface area contributed by atoms with E-state index < -0.39 is 0 Å². The van der Waals surface area contributed by atoms with Crippen LogP contribution in [-0.4, -0.2) is 75.8 Å². The van der Waals surface area contributed by atoms with Gasteiger partial charge in [0.25, 0.3) is 0 Å². The van der Waals surface area contributed by atoms with Crippen LogP contribution in [0.5, 0.6) is 0 Å². The van der Waals surface area contributed by atoms with Crippen molar-refractivity contribution < 1.29 is 4.79 Å². The molecular weight excluding hydrogens is 338 g/mol. The number of nitrogens with zero attached hydrogens (tertiary/aromatic N) is 5. The first-order valence-corrected chi connectivity index (χ1v) is 10.2. The maximum absolute atomic E-state index is 12.7. The van der Waals surface area contributed by atoms with E-state index in [1.54, 1.807) is 0 Å². The average Bonchev–Trinajstić information content (AvgIpc) is 3.05. The molecule has 6 nitrogen and oxygen atoms in total. The number of rotatable bonds is 4. The van der Waals surface area contributed by atoms with E-state index in [1.807, 2.05) is 24.4 Å². The van der Waals surface area contributed by atoms with Crippen molar-refractivity contribution in [2.24, 2.45) is 11.8 Å². The predicted molar refractivity (Wildman–Crippen MR) is 106 cm³/mol. The largest absolute Gasteiger partial charge is 0.341 e. The SMILES string of the molecule is CC1CC(C)CN(C(=O)CN2CCN(Cc3cn4ccccc4n3)CC2)C1. The summed E-state index contributed by atoms with van der Waals surface area (Å²) in [6.07, 6.45) is 5.40. The summed E-state index contributed by atoms with van der Waals surface area (Å²) < 4.78 is 2.07. The highest BCUT2D eigenvalue weighted by Gasteiger charge is 2.27. The number of fused-ring (bicyclic) bond motifs is 1. The van der Waals surface area contributed by atoms with Crippen molar-refractivity contribution in [2.75, 3.05) is 45.8 Å². The maximum Gasteiger partial charge on any atom is 0.236 e. The summed E-state index contributed by atoms with van der Waals surface area (Å²) in [4.78, 5) is 24.2. The minimum Gasteiger partial charge on any atom is -0.341 e. The molecule has 0 bridgehead atoms.